The number of sulfonamides is 1. The van der Waals surface area contributed by atoms with Gasteiger partial charge in [-0.1, -0.05) is 38.1 Å². The van der Waals surface area contributed by atoms with Gasteiger partial charge >= 0.3 is 0 Å². The summed E-state index contributed by atoms with van der Waals surface area (Å²) in [5.41, 5.74) is 0.517. The Balaban J connectivity index is 2.03. The molecule has 0 spiro atoms. The molecular weight excluding hydrogens is 385 g/mol. The smallest absolute Gasteiger partial charge is 0.254 e. The number of nitrogens with two attached hydrogens (primary N) is 1. The zero-order valence-electron chi connectivity index (χ0n) is 15.5. The Labute approximate surface area is 163 Å². The molecule has 2 aromatic carbocycles. The van der Waals surface area contributed by atoms with E-state index in [2.05, 4.69) is 10.6 Å². The summed E-state index contributed by atoms with van der Waals surface area (Å²) >= 11 is 0. The van der Waals surface area contributed by atoms with Gasteiger partial charge in [0.15, 0.2) is 0 Å². The summed E-state index contributed by atoms with van der Waals surface area (Å²) in [6.45, 7) is 3.64. The second kappa shape index (κ2) is 8.94. The molecule has 0 aliphatic carbocycles. The minimum absolute atomic E-state index is 0.0280. The van der Waals surface area contributed by atoms with E-state index in [9.17, 15) is 22.4 Å². The molecule has 0 aliphatic heterocycles. The van der Waals surface area contributed by atoms with Gasteiger partial charge in [0.05, 0.1) is 10.5 Å². The molecule has 0 aliphatic rings. The summed E-state index contributed by atoms with van der Waals surface area (Å²) in [6.07, 6.45) is 0. The molecule has 0 aromatic heterocycles. The van der Waals surface area contributed by atoms with E-state index in [1.807, 2.05) is 0 Å². The molecule has 0 saturated heterocycles. The molecule has 7 nitrogen and oxygen atoms in total. The Morgan fingerprint density at radius 1 is 1.07 bits per heavy atom. The number of carbonyl (C=O) groups is 2. The topological polar surface area (TPSA) is 118 Å². The SMILES string of the molecule is CC(C)[C@@H](NC(=O)c1ccccc1F)C(=O)NCc1ccc(S(N)(=O)=O)cc1. The average Bonchev–Trinajstić information content (AvgIpc) is 2.63. The minimum atomic E-state index is -3.78. The molecule has 0 bridgehead atoms. The molecule has 9 heteroatoms. The van der Waals surface area contributed by atoms with Crippen molar-refractivity contribution in [1.82, 2.24) is 10.6 Å². The standard InChI is InChI=1S/C19H22FN3O4S/c1-12(2)17(23-18(24)15-5-3-4-6-16(15)20)19(25)22-11-13-7-9-14(10-8-13)28(21,26)27/h3-10,12,17H,11H2,1-2H3,(H,22,25)(H,23,24)(H2,21,26,27)/t17-/m1/s1. The number of amides is 2. The minimum Gasteiger partial charge on any atom is -0.350 e. The number of nitrogens with one attached hydrogen (secondary N) is 2. The maximum Gasteiger partial charge on any atom is 0.254 e. The molecule has 0 unspecified atom stereocenters. The molecule has 0 heterocycles. The molecule has 150 valence electrons. The maximum absolute atomic E-state index is 13.8. The Hall–Kier alpha value is -2.78. The van der Waals surface area contributed by atoms with Gasteiger partial charge in [-0.05, 0) is 35.7 Å². The van der Waals surface area contributed by atoms with Crippen LogP contribution in [0.3, 0.4) is 0 Å². The largest absolute Gasteiger partial charge is 0.350 e. The summed E-state index contributed by atoms with van der Waals surface area (Å²) in [6, 6.07) is 10.4. The Morgan fingerprint density at radius 2 is 1.68 bits per heavy atom. The molecule has 28 heavy (non-hydrogen) atoms. The molecule has 0 fully saturated rings. The van der Waals surface area contributed by atoms with E-state index in [1.54, 1.807) is 13.8 Å². The molecule has 2 rings (SSSR count). The van der Waals surface area contributed by atoms with Crippen molar-refractivity contribution in [2.45, 2.75) is 31.3 Å². The van der Waals surface area contributed by atoms with Gasteiger partial charge in [-0.3, -0.25) is 9.59 Å². The van der Waals surface area contributed by atoms with Gasteiger partial charge in [-0.2, -0.15) is 0 Å². The Morgan fingerprint density at radius 3 is 2.21 bits per heavy atom. The maximum atomic E-state index is 13.8. The number of carbonyl (C=O) groups excluding carboxylic acids is 2. The van der Waals surface area contributed by atoms with Crippen LogP contribution in [-0.4, -0.2) is 26.3 Å². The van der Waals surface area contributed by atoms with Gasteiger partial charge in [0.25, 0.3) is 5.91 Å². The average molecular weight is 407 g/mol. The van der Waals surface area contributed by atoms with Gasteiger partial charge in [0, 0.05) is 6.54 Å². The van der Waals surface area contributed by atoms with E-state index in [0.29, 0.717) is 5.56 Å². The van der Waals surface area contributed by atoms with Crippen molar-refractivity contribution in [1.29, 1.82) is 0 Å². The zero-order chi connectivity index (χ0) is 20.9. The first-order valence-electron chi connectivity index (χ1n) is 8.54. The molecule has 0 radical (unpaired) electrons. The van der Waals surface area contributed by atoms with Crippen LogP contribution >= 0.6 is 0 Å². The number of hydrogen-bond donors (Lipinski definition) is 3. The van der Waals surface area contributed by atoms with Gasteiger partial charge < -0.3 is 10.6 Å². The number of halogens is 1. The zero-order valence-corrected chi connectivity index (χ0v) is 16.3. The predicted molar refractivity (Wildman–Crippen MR) is 102 cm³/mol. The highest BCUT2D eigenvalue weighted by molar-refractivity contribution is 7.89. The molecule has 2 aromatic rings. The third kappa shape index (κ3) is 5.61. The monoisotopic (exact) mass is 407 g/mol. The first-order chi connectivity index (χ1) is 13.1. The fraction of sp³-hybridized carbons (Fsp3) is 0.263. The van der Waals surface area contributed by atoms with Crippen LogP contribution in [0.2, 0.25) is 0 Å². The van der Waals surface area contributed by atoms with E-state index in [-0.39, 0.29) is 22.9 Å². The van der Waals surface area contributed by atoms with E-state index in [4.69, 9.17) is 5.14 Å². The Kier molecular flexibility index (Phi) is 6.87. The van der Waals surface area contributed by atoms with Crippen LogP contribution in [0.4, 0.5) is 4.39 Å². The number of primary sulfonamides is 1. The first-order valence-corrected chi connectivity index (χ1v) is 10.1. The highest BCUT2D eigenvalue weighted by atomic mass is 32.2. The van der Waals surface area contributed by atoms with Gasteiger partial charge in [-0.15, -0.1) is 0 Å². The third-order valence-electron chi connectivity index (χ3n) is 4.07. The van der Waals surface area contributed by atoms with Crippen molar-refractivity contribution in [2.75, 3.05) is 0 Å². The van der Waals surface area contributed by atoms with Gasteiger partial charge in [-0.25, -0.2) is 17.9 Å². The van der Waals surface area contributed by atoms with E-state index < -0.39 is 33.7 Å². The summed E-state index contributed by atoms with van der Waals surface area (Å²) < 4.78 is 36.3. The van der Waals surface area contributed by atoms with Crippen molar-refractivity contribution >= 4 is 21.8 Å². The van der Waals surface area contributed by atoms with Crippen LogP contribution in [-0.2, 0) is 21.4 Å². The quantitative estimate of drug-likeness (QED) is 0.645. The van der Waals surface area contributed by atoms with Crippen molar-refractivity contribution in [2.24, 2.45) is 11.1 Å². The highest BCUT2D eigenvalue weighted by Gasteiger charge is 2.25. The summed E-state index contributed by atoms with van der Waals surface area (Å²) in [4.78, 5) is 24.8. The fourth-order valence-electron chi connectivity index (χ4n) is 2.50. The summed E-state index contributed by atoms with van der Waals surface area (Å²) in [5, 5.41) is 10.3. The van der Waals surface area contributed by atoms with Crippen LogP contribution in [0.1, 0.15) is 29.8 Å². The van der Waals surface area contributed by atoms with Crippen LogP contribution in [0.25, 0.3) is 0 Å². The molecule has 0 saturated carbocycles. The third-order valence-corrected chi connectivity index (χ3v) is 5.00. The van der Waals surface area contributed by atoms with Crippen molar-refractivity contribution < 1.29 is 22.4 Å². The molecular formula is C19H22FN3O4S. The normalized spacial score (nSPS) is 12.5. The van der Waals surface area contributed by atoms with Crippen LogP contribution < -0.4 is 15.8 Å². The van der Waals surface area contributed by atoms with Crippen molar-refractivity contribution in [3.05, 3.63) is 65.5 Å². The Bertz CT molecular complexity index is 959. The second-order valence-corrected chi connectivity index (χ2v) is 8.14. The highest BCUT2D eigenvalue weighted by Crippen LogP contribution is 2.11. The van der Waals surface area contributed by atoms with E-state index >= 15 is 0 Å². The van der Waals surface area contributed by atoms with Gasteiger partial charge in [0.1, 0.15) is 11.9 Å². The predicted octanol–water partition coefficient (Wildman–Crippen LogP) is 1.54. The van der Waals surface area contributed by atoms with Crippen LogP contribution in [0.5, 0.6) is 0 Å². The summed E-state index contributed by atoms with van der Waals surface area (Å²) in [7, 11) is -3.78. The first kappa shape index (κ1) is 21.5. The lowest BCUT2D eigenvalue weighted by Crippen LogP contribution is -2.49. The lowest BCUT2D eigenvalue weighted by atomic mass is 10.0. The lowest BCUT2D eigenvalue weighted by Gasteiger charge is -2.22. The number of rotatable bonds is 7. The molecule has 2 amide bonds. The second-order valence-electron chi connectivity index (χ2n) is 6.58. The number of benzene rings is 2. The lowest BCUT2D eigenvalue weighted by molar-refractivity contribution is -0.124. The van der Waals surface area contributed by atoms with E-state index in [0.717, 1.165) is 0 Å². The fourth-order valence-corrected chi connectivity index (χ4v) is 3.01. The van der Waals surface area contributed by atoms with Gasteiger partial charge in [0.2, 0.25) is 15.9 Å². The molecule has 4 N–H and O–H groups in total. The van der Waals surface area contributed by atoms with Crippen LogP contribution in [0, 0.1) is 11.7 Å². The number of hydrogen-bond acceptors (Lipinski definition) is 4. The molecule has 1 atom stereocenters. The van der Waals surface area contributed by atoms with E-state index in [1.165, 1.54) is 48.5 Å². The van der Waals surface area contributed by atoms with Crippen molar-refractivity contribution in [3.63, 3.8) is 0 Å². The summed E-state index contributed by atoms with van der Waals surface area (Å²) in [5.74, 6) is -2.02. The van der Waals surface area contributed by atoms with Crippen molar-refractivity contribution in [3.8, 4) is 0 Å². The van der Waals surface area contributed by atoms with Crippen LogP contribution in [0.15, 0.2) is 53.4 Å².